The van der Waals surface area contributed by atoms with Crippen LogP contribution in [-0.4, -0.2) is 5.91 Å². The Hall–Kier alpha value is -1.40. The van der Waals surface area contributed by atoms with Gasteiger partial charge in [0, 0.05) is 23.2 Å². The van der Waals surface area contributed by atoms with E-state index in [1.165, 1.54) is 11.1 Å². The fraction of sp³-hybridized carbons (Fsp3) is 0.235. The van der Waals surface area contributed by atoms with Crippen molar-refractivity contribution in [3.05, 3.63) is 67.8 Å². The predicted molar refractivity (Wildman–Crippen MR) is 92.1 cm³/mol. The molecule has 0 spiro atoms. The Morgan fingerprint density at radius 1 is 1.24 bits per heavy atom. The van der Waals surface area contributed by atoms with Gasteiger partial charge in [-0.2, -0.15) is 0 Å². The minimum atomic E-state index is -0.0123. The number of hydrogen-bond donors (Lipinski definition) is 2. The van der Waals surface area contributed by atoms with Crippen LogP contribution in [0.3, 0.4) is 0 Å². The largest absolute Gasteiger partial charge is 0.348 e. The van der Waals surface area contributed by atoms with E-state index in [4.69, 9.17) is 0 Å². The molecular weight excluding hydrogens is 375 g/mol. The third-order valence-corrected chi connectivity index (χ3v) is 5.22. The van der Waals surface area contributed by atoms with E-state index in [1.54, 1.807) is 0 Å². The molecule has 2 aromatic carbocycles. The molecule has 0 fully saturated rings. The lowest BCUT2D eigenvalue weighted by atomic mass is 10.1. The Bertz CT molecular complexity index is 697. The van der Waals surface area contributed by atoms with Crippen molar-refractivity contribution in [2.24, 2.45) is 0 Å². The van der Waals surface area contributed by atoms with Crippen molar-refractivity contribution in [1.82, 2.24) is 10.6 Å². The Balaban J connectivity index is 1.70. The van der Waals surface area contributed by atoms with E-state index in [2.05, 4.69) is 51.4 Å². The average molecular weight is 392 g/mol. The zero-order chi connectivity index (χ0) is 14.8. The van der Waals surface area contributed by atoms with Gasteiger partial charge < -0.3 is 10.6 Å². The first-order valence-corrected chi connectivity index (χ1v) is 8.08. The van der Waals surface area contributed by atoms with Crippen LogP contribution in [0.1, 0.15) is 32.6 Å². The molecule has 1 aliphatic heterocycles. The molecule has 1 heterocycles. The number of fused-ring (bicyclic) bond motifs is 1. The van der Waals surface area contributed by atoms with Crippen LogP contribution >= 0.6 is 22.6 Å². The molecule has 1 aliphatic rings. The summed E-state index contributed by atoms with van der Waals surface area (Å²) in [5, 5.41) is 6.34. The molecule has 2 N–H and O–H groups in total. The molecular formula is C17H17IN2O. The molecule has 0 radical (unpaired) electrons. The molecule has 3 rings (SSSR count). The third-order valence-electron chi connectivity index (χ3n) is 3.79. The summed E-state index contributed by atoms with van der Waals surface area (Å²) in [5.74, 6) is -0.0123. The molecule has 108 valence electrons. The quantitative estimate of drug-likeness (QED) is 0.789. The number of aryl methyl sites for hydroxylation is 1. The van der Waals surface area contributed by atoms with E-state index in [0.717, 1.165) is 33.4 Å². The second kappa shape index (κ2) is 6.15. The fourth-order valence-electron chi connectivity index (χ4n) is 2.56. The van der Waals surface area contributed by atoms with Crippen LogP contribution < -0.4 is 10.6 Å². The second-order valence-corrected chi connectivity index (χ2v) is 6.40. The van der Waals surface area contributed by atoms with Crippen LogP contribution in [0.4, 0.5) is 0 Å². The second-order valence-electron chi connectivity index (χ2n) is 5.33. The van der Waals surface area contributed by atoms with Crippen LogP contribution in [-0.2, 0) is 19.6 Å². The highest BCUT2D eigenvalue weighted by Crippen LogP contribution is 2.18. The fourth-order valence-corrected chi connectivity index (χ4v) is 3.16. The summed E-state index contributed by atoms with van der Waals surface area (Å²) in [5.41, 5.74) is 5.73. The maximum atomic E-state index is 12.3. The summed E-state index contributed by atoms with van der Waals surface area (Å²) < 4.78 is 1.02. The van der Waals surface area contributed by atoms with Gasteiger partial charge in [-0.1, -0.05) is 30.3 Å². The van der Waals surface area contributed by atoms with Crippen LogP contribution in [0.2, 0.25) is 0 Å². The van der Waals surface area contributed by atoms with E-state index in [-0.39, 0.29) is 5.91 Å². The van der Waals surface area contributed by atoms with E-state index in [0.29, 0.717) is 6.54 Å². The Morgan fingerprint density at radius 2 is 2.05 bits per heavy atom. The summed E-state index contributed by atoms with van der Waals surface area (Å²) >= 11 is 2.23. The molecule has 0 aliphatic carbocycles. The zero-order valence-electron chi connectivity index (χ0n) is 11.9. The average Bonchev–Trinajstić information content (AvgIpc) is 2.95. The Morgan fingerprint density at radius 3 is 2.90 bits per heavy atom. The van der Waals surface area contributed by atoms with E-state index < -0.39 is 0 Å². The lowest BCUT2D eigenvalue weighted by molar-refractivity contribution is 0.0950. The number of halogens is 1. The van der Waals surface area contributed by atoms with Gasteiger partial charge >= 0.3 is 0 Å². The summed E-state index contributed by atoms with van der Waals surface area (Å²) in [6.45, 7) is 4.46. The molecule has 0 saturated carbocycles. The Labute approximate surface area is 138 Å². The number of benzene rings is 2. The number of hydrogen-bond acceptors (Lipinski definition) is 2. The normalized spacial score (nSPS) is 13.0. The van der Waals surface area contributed by atoms with Crippen LogP contribution in [0, 0.1) is 10.5 Å². The van der Waals surface area contributed by atoms with Crippen LogP contribution in [0.15, 0.2) is 36.4 Å². The van der Waals surface area contributed by atoms with Crippen molar-refractivity contribution in [3.8, 4) is 0 Å². The molecule has 0 aromatic heterocycles. The van der Waals surface area contributed by atoms with Crippen molar-refractivity contribution >= 4 is 28.5 Å². The van der Waals surface area contributed by atoms with Gasteiger partial charge in [-0.05, 0) is 57.8 Å². The van der Waals surface area contributed by atoms with Gasteiger partial charge in [0.05, 0.1) is 5.56 Å². The minimum absolute atomic E-state index is 0.0123. The van der Waals surface area contributed by atoms with Crippen molar-refractivity contribution in [2.75, 3.05) is 0 Å². The lowest BCUT2D eigenvalue weighted by Gasteiger charge is -2.09. The molecule has 0 saturated heterocycles. The highest BCUT2D eigenvalue weighted by atomic mass is 127. The molecule has 3 nitrogen and oxygen atoms in total. The number of rotatable bonds is 3. The van der Waals surface area contributed by atoms with E-state index in [9.17, 15) is 4.79 Å². The number of amides is 1. The first kappa shape index (κ1) is 14.5. The highest BCUT2D eigenvalue weighted by Gasteiger charge is 2.12. The van der Waals surface area contributed by atoms with E-state index in [1.807, 2.05) is 25.1 Å². The maximum Gasteiger partial charge on any atom is 0.252 e. The van der Waals surface area contributed by atoms with Gasteiger partial charge in [0.15, 0.2) is 0 Å². The number of carbonyl (C=O) groups is 1. The lowest BCUT2D eigenvalue weighted by Crippen LogP contribution is -2.24. The Kier molecular flexibility index (Phi) is 4.26. The summed E-state index contributed by atoms with van der Waals surface area (Å²) in [6.07, 6.45) is 0. The molecule has 4 heteroatoms. The standard InChI is InChI=1S/C17H17IN2O/c1-11-3-2-4-15(16(11)18)17(21)20-8-12-5-6-13-9-19-10-14(13)7-12/h2-7,19H,8-10H2,1H3,(H,20,21). The van der Waals surface area contributed by atoms with Gasteiger partial charge in [0.25, 0.3) is 5.91 Å². The zero-order valence-corrected chi connectivity index (χ0v) is 14.0. The minimum Gasteiger partial charge on any atom is -0.348 e. The monoisotopic (exact) mass is 392 g/mol. The summed E-state index contributed by atoms with van der Waals surface area (Å²) in [6, 6.07) is 12.2. The molecule has 2 aromatic rings. The van der Waals surface area contributed by atoms with Gasteiger partial charge in [0.1, 0.15) is 0 Å². The van der Waals surface area contributed by atoms with Crippen LogP contribution in [0.5, 0.6) is 0 Å². The van der Waals surface area contributed by atoms with Crippen molar-refractivity contribution < 1.29 is 4.79 Å². The first-order valence-electron chi connectivity index (χ1n) is 7.00. The molecule has 1 amide bonds. The first-order chi connectivity index (χ1) is 10.1. The van der Waals surface area contributed by atoms with Crippen molar-refractivity contribution in [3.63, 3.8) is 0 Å². The predicted octanol–water partition coefficient (Wildman–Crippen LogP) is 3.13. The highest BCUT2D eigenvalue weighted by molar-refractivity contribution is 14.1. The molecule has 0 unspecified atom stereocenters. The summed E-state index contributed by atoms with van der Waals surface area (Å²) in [7, 11) is 0. The van der Waals surface area contributed by atoms with Crippen molar-refractivity contribution in [1.29, 1.82) is 0 Å². The van der Waals surface area contributed by atoms with Crippen LogP contribution in [0.25, 0.3) is 0 Å². The number of carbonyl (C=O) groups excluding carboxylic acids is 1. The molecule has 21 heavy (non-hydrogen) atoms. The van der Waals surface area contributed by atoms with Gasteiger partial charge in [-0.25, -0.2) is 0 Å². The topological polar surface area (TPSA) is 41.1 Å². The smallest absolute Gasteiger partial charge is 0.252 e. The van der Waals surface area contributed by atoms with Gasteiger partial charge in [-0.3, -0.25) is 4.79 Å². The molecule has 0 atom stereocenters. The van der Waals surface area contributed by atoms with Gasteiger partial charge in [0.2, 0.25) is 0 Å². The number of nitrogens with one attached hydrogen (secondary N) is 2. The molecule has 0 bridgehead atoms. The third kappa shape index (κ3) is 3.11. The van der Waals surface area contributed by atoms with Gasteiger partial charge in [-0.15, -0.1) is 0 Å². The maximum absolute atomic E-state index is 12.3. The van der Waals surface area contributed by atoms with Crippen molar-refractivity contribution in [2.45, 2.75) is 26.6 Å². The van der Waals surface area contributed by atoms with E-state index >= 15 is 0 Å². The SMILES string of the molecule is Cc1cccc(C(=O)NCc2ccc3c(c2)CNC3)c1I. The summed E-state index contributed by atoms with van der Waals surface area (Å²) in [4.78, 5) is 12.3.